The molecular weight excluding hydrogens is 428 g/mol. The van der Waals surface area contributed by atoms with Crippen LogP contribution in [0.4, 0.5) is 16.3 Å². The van der Waals surface area contributed by atoms with Crippen molar-refractivity contribution in [1.29, 1.82) is 0 Å². The van der Waals surface area contributed by atoms with Crippen molar-refractivity contribution in [3.05, 3.63) is 72.6 Å². The minimum Gasteiger partial charge on any atom is -0.497 e. The smallest absolute Gasteiger partial charge is 0.410 e. The number of aromatic nitrogens is 2. The number of methoxy groups -OCH3 is 1. The highest BCUT2D eigenvalue weighted by molar-refractivity contribution is 5.73. The monoisotopic (exact) mass is 458 g/mol. The predicted octanol–water partition coefficient (Wildman–Crippen LogP) is 5.92. The first-order valence-electron chi connectivity index (χ1n) is 11.3. The first kappa shape index (κ1) is 23.3. The number of carbonyl (C=O) groups excluding carboxylic acids is 1. The van der Waals surface area contributed by atoms with Crippen molar-refractivity contribution in [3.8, 4) is 17.0 Å². The van der Waals surface area contributed by atoms with Gasteiger partial charge in [-0.1, -0.05) is 36.4 Å². The summed E-state index contributed by atoms with van der Waals surface area (Å²) in [7, 11) is 1.65. The van der Waals surface area contributed by atoms with Crippen LogP contribution in [0, 0.1) is 0 Å². The van der Waals surface area contributed by atoms with E-state index in [0.717, 1.165) is 28.3 Å². The Balaban J connectivity index is 1.61. The quantitative estimate of drug-likeness (QED) is 0.511. The van der Waals surface area contributed by atoms with Crippen molar-refractivity contribution >= 4 is 23.2 Å². The van der Waals surface area contributed by atoms with E-state index < -0.39 is 5.60 Å². The van der Waals surface area contributed by atoms with E-state index in [1.807, 2.05) is 87.5 Å². The lowest BCUT2D eigenvalue weighted by molar-refractivity contribution is 0.0270. The highest BCUT2D eigenvalue weighted by Crippen LogP contribution is 2.28. The molecule has 0 saturated heterocycles. The van der Waals surface area contributed by atoms with Gasteiger partial charge < -0.3 is 19.7 Å². The average Bonchev–Trinajstić information content (AvgIpc) is 2.84. The van der Waals surface area contributed by atoms with Gasteiger partial charge in [-0.05, 0) is 57.0 Å². The van der Waals surface area contributed by atoms with Gasteiger partial charge in [0, 0.05) is 30.4 Å². The van der Waals surface area contributed by atoms with Crippen molar-refractivity contribution in [2.75, 3.05) is 25.5 Å². The summed E-state index contributed by atoms with van der Waals surface area (Å²) in [5.41, 5.74) is 3.23. The van der Waals surface area contributed by atoms with Crippen molar-refractivity contribution in [1.82, 2.24) is 14.9 Å². The number of benzene rings is 2. The Labute approximate surface area is 200 Å². The number of carbonyl (C=O) groups is 1. The Morgan fingerprint density at radius 3 is 2.38 bits per heavy atom. The Morgan fingerprint density at radius 2 is 1.76 bits per heavy atom. The second-order valence-electron chi connectivity index (χ2n) is 9.09. The SMILES string of the molecule is COc1ccc(Nc2cc(-c3ccccc3)nc(C3=CCN(C(=O)OC(C)(C)C)CC3)n2)cc1. The second-order valence-corrected chi connectivity index (χ2v) is 9.09. The molecule has 0 spiro atoms. The average molecular weight is 459 g/mol. The number of hydrogen-bond donors (Lipinski definition) is 1. The molecule has 1 amide bonds. The van der Waals surface area contributed by atoms with Crippen molar-refractivity contribution < 1.29 is 14.3 Å². The molecule has 4 rings (SSSR count). The van der Waals surface area contributed by atoms with E-state index in [-0.39, 0.29) is 6.09 Å². The third-order valence-electron chi connectivity index (χ3n) is 5.31. The number of ether oxygens (including phenoxy) is 2. The number of amides is 1. The summed E-state index contributed by atoms with van der Waals surface area (Å²) in [6.07, 6.45) is 2.36. The largest absolute Gasteiger partial charge is 0.497 e. The van der Waals surface area contributed by atoms with Crippen LogP contribution < -0.4 is 10.1 Å². The van der Waals surface area contributed by atoms with Gasteiger partial charge in [0.05, 0.1) is 12.8 Å². The third-order valence-corrected chi connectivity index (χ3v) is 5.31. The lowest BCUT2D eigenvalue weighted by Gasteiger charge is -2.29. The van der Waals surface area contributed by atoms with Gasteiger partial charge in [0.15, 0.2) is 5.82 Å². The first-order chi connectivity index (χ1) is 16.3. The van der Waals surface area contributed by atoms with Crippen LogP contribution in [0.25, 0.3) is 16.8 Å². The predicted molar refractivity (Wildman–Crippen MR) is 134 cm³/mol. The number of nitrogens with zero attached hydrogens (tertiary/aromatic N) is 3. The summed E-state index contributed by atoms with van der Waals surface area (Å²) in [4.78, 5) is 23.8. The minimum atomic E-state index is -0.518. The topological polar surface area (TPSA) is 76.6 Å². The van der Waals surface area contributed by atoms with Crippen molar-refractivity contribution in [2.24, 2.45) is 0 Å². The van der Waals surface area contributed by atoms with Gasteiger partial charge in [-0.25, -0.2) is 14.8 Å². The maximum atomic E-state index is 12.4. The van der Waals surface area contributed by atoms with Crippen LogP contribution in [-0.2, 0) is 4.74 Å². The number of nitrogens with one attached hydrogen (secondary N) is 1. The zero-order chi connectivity index (χ0) is 24.1. The maximum absolute atomic E-state index is 12.4. The molecule has 0 saturated carbocycles. The molecular formula is C27H30N4O3. The molecule has 3 aromatic rings. The highest BCUT2D eigenvalue weighted by Gasteiger charge is 2.24. The molecule has 0 fully saturated rings. The van der Waals surface area contributed by atoms with E-state index in [9.17, 15) is 4.79 Å². The third kappa shape index (κ3) is 5.92. The molecule has 2 heterocycles. The molecule has 0 radical (unpaired) electrons. The van der Waals surface area contributed by atoms with Gasteiger partial charge in [-0.15, -0.1) is 0 Å². The van der Waals surface area contributed by atoms with Gasteiger partial charge in [0.1, 0.15) is 17.2 Å². The maximum Gasteiger partial charge on any atom is 0.410 e. The Kier molecular flexibility index (Phi) is 6.82. The van der Waals surface area contributed by atoms with E-state index in [4.69, 9.17) is 19.4 Å². The molecule has 1 aliphatic rings. The van der Waals surface area contributed by atoms with Gasteiger partial charge in [0.25, 0.3) is 0 Å². The summed E-state index contributed by atoms with van der Waals surface area (Å²) in [5.74, 6) is 2.14. The lowest BCUT2D eigenvalue weighted by Crippen LogP contribution is -2.39. The summed E-state index contributed by atoms with van der Waals surface area (Å²) in [5, 5.41) is 3.38. The molecule has 7 nitrogen and oxygen atoms in total. The molecule has 1 aromatic heterocycles. The fraction of sp³-hybridized carbons (Fsp3) is 0.296. The molecule has 7 heteroatoms. The van der Waals surface area contributed by atoms with Crippen LogP contribution in [0.15, 0.2) is 66.7 Å². The molecule has 0 unspecified atom stereocenters. The van der Waals surface area contributed by atoms with Crippen molar-refractivity contribution in [2.45, 2.75) is 32.8 Å². The van der Waals surface area contributed by atoms with Crippen LogP contribution in [0.1, 0.15) is 33.0 Å². The Hall–Kier alpha value is -3.87. The van der Waals surface area contributed by atoms with Gasteiger partial charge in [-0.3, -0.25) is 0 Å². The Morgan fingerprint density at radius 1 is 1.03 bits per heavy atom. The van der Waals surface area contributed by atoms with Gasteiger partial charge in [0.2, 0.25) is 0 Å². The van der Waals surface area contributed by atoms with E-state index in [0.29, 0.717) is 31.2 Å². The van der Waals surface area contributed by atoms with Crippen LogP contribution in [0.2, 0.25) is 0 Å². The molecule has 1 aliphatic heterocycles. The minimum absolute atomic E-state index is 0.302. The van der Waals surface area contributed by atoms with Crippen LogP contribution in [0.3, 0.4) is 0 Å². The number of hydrogen-bond acceptors (Lipinski definition) is 6. The zero-order valence-electron chi connectivity index (χ0n) is 20.0. The second kappa shape index (κ2) is 9.95. The summed E-state index contributed by atoms with van der Waals surface area (Å²) >= 11 is 0. The molecule has 176 valence electrons. The van der Waals surface area contributed by atoms with Crippen LogP contribution in [0.5, 0.6) is 5.75 Å². The first-order valence-corrected chi connectivity index (χ1v) is 11.3. The van der Waals surface area contributed by atoms with Crippen molar-refractivity contribution in [3.63, 3.8) is 0 Å². The van der Waals surface area contributed by atoms with E-state index in [1.165, 1.54) is 0 Å². The molecule has 2 aromatic carbocycles. The number of rotatable bonds is 5. The lowest BCUT2D eigenvalue weighted by atomic mass is 10.1. The molecule has 34 heavy (non-hydrogen) atoms. The normalized spacial score (nSPS) is 13.8. The van der Waals surface area contributed by atoms with E-state index >= 15 is 0 Å². The summed E-state index contributed by atoms with van der Waals surface area (Å²) < 4.78 is 10.8. The van der Waals surface area contributed by atoms with Crippen LogP contribution >= 0.6 is 0 Å². The Bertz CT molecular complexity index is 1170. The fourth-order valence-corrected chi connectivity index (χ4v) is 3.60. The zero-order valence-corrected chi connectivity index (χ0v) is 20.0. The summed E-state index contributed by atoms with van der Waals surface area (Å²) in [6.45, 7) is 6.63. The molecule has 0 aliphatic carbocycles. The fourth-order valence-electron chi connectivity index (χ4n) is 3.60. The van der Waals surface area contributed by atoms with E-state index in [1.54, 1.807) is 12.0 Å². The number of anilines is 2. The van der Waals surface area contributed by atoms with Gasteiger partial charge in [-0.2, -0.15) is 0 Å². The standard InChI is InChI=1S/C27H30N4O3/c1-27(2,3)34-26(32)31-16-14-20(15-17-31)25-29-23(19-8-6-5-7-9-19)18-24(30-25)28-21-10-12-22(33-4)13-11-21/h5-14,18H,15-17H2,1-4H3,(H,28,29,30). The van der Waals surface area contributed by atoms with E-state index in [2.05, 4.69) is 5.32 Å². The highest BCUT2D eigenvalue weighted by atomic mass is 16.6. The van der Waals surface area contributed by atoms with Gasteiger partial charge >= 0.3 is 6.09 Å². The van der Waals surface area contributed by atoms with Crippen LogP contribution in [-0.4, -0.2) is 46.8 Å². The summed E-state index contributed by atoms with van der Waals surface area (Å²) in [6, 6.07) is 19.7. The molecule has 0 atom stereocenters. The molecule has 1 N–H and O–H groups in total. The molecule has 0 bridgehead atoms.